The van der Waals surface area contributed by atoms with Crippen molar-refractivity contribution in [2.75, 3.05) is 20.2 Å². The van der Waals surface area contributed by atoms with Gasteiger partial charge in [0, 0.05) is 47.3 Å². The molecule has 1 fully saturated rings. The molecule has 1 aliphatic heterocycles. The van der Waals surface area contributed by atoms with Crippen LogP contribution in [0, 0.1) is 0 Å². The van der Waals surface area contributed by atoms with Crippen molar-refractivity contribution in [3.8, 4) is 5.75 Å². The minimum absolute atomic E-state index is 0.0657. The first-order valence-corrected chi connectivity index (χ1v) is 12.0. The van der Waals surface area contributed by atoms with E-state index in [0.29, 0.717) is 34.7 Å². The highest BCUT2D eigenvalue weighted by atomic mass is 79.9. The third-order valence-corrected chi connectivity index (χ3v) is 6.76. The number of ether oxygens (including phenoxy) is 1. The van der Waals surface area contributed by atoms with E-state index in [1.807, 2.05) is 50.4 Å². The van der Waals surface area contributed by atoms with Crippen molar-refractivity contribution in [3.63, 3.8) is 0 Å². The molecule has 0 radical (unpaired) electrons. The largest absolute Gasteiger partial charge is 0.492 e. The van der Waals surface area contributed by atoms with Gasteiger partial charge < -0.3 is 14.2 Å². The van der Waals surface area contributed by atoms with Crippen molar-refractivity contribution in [3.05, 3.63) is 69.4 Å². The number of para-hydroxylation sites is 1. The van der Waals surface area contributed by atoms with Crippen LogP contribution in [0.4, 0.5) is 0 Å². The van der Waals surface area contributed by atoms with Gasteiger partial charge in [-0.1, -0.05) is 39.7 Å². The highest BCUT2D eigenvalue weighted by Crippen LogP contribution is 2.30. The van der Waals surface area contributed by atoms with Gasteiger partial charge in [-0.25, -0.2) is 0 Å². The number of fused-ring (bicyclic) bond motifs is 1. The fourth-order valence-corrected chi connectivity index (χ4v) is 4.67. The van der Waals surface area contributed by atoms with E-state index in [2.05, 4.69) is 38.8 Å². The molecular weight excluding hydrogens is 510 g/mol. The Morgan fingerprint density at radius 1 is 1.22 bits per heavy atom. The molecule has 0 unspecified atom stereocenters. The van der Waals surface area contributed by atoms with E-state index < -0.39 is 0 Å². The van der Waals surface area contributed by atoms with Gasteiger partial charge in [0.05, 0.1) is 11.6 Å². The number of rotatable bonds is 7. The molecule has 0 aliphatic carbocycles. The highest BCUT2D eigenvalue weighted by molar-refractivity contribution is 9.10. The number of amides is 1. The van der Waals surface area contributed by atoms with E-state index in [1.165, 1.54) is 0 Å². The standard InChI is InChI=1S/C24H23BrClN3O2S/c1-3-29-23(30)21(27(2)24(29)32)13-16-15-28(20-10-9-17(25)14-18(16)20)11-6-12-31-22-8-5-4-7-19(22)26/h4-5,7-10,13-15H,3,6,11-12H2,1-2H3/b21-13-. The van der Waals surface area contributed by atoms with Crippen molar-refractivity contribution in [1.29, 1.82) is 0 Å². The van der Waals surface area contributed by atoms with Crippen LogP contribution in [-0.2, 0) is 11.3 Å². The predicted octanol–water partition coefficient (Wildman–Crippen LogP) is 5.95. The van der Waals surface area contributed by atoms with Crippen LogP contribution in [0.15, 0.2) is 58.8 Å². The Morgan fingerprint density at radius 2 is 2.00 bits per heavy atom. The van der Waals surface area contributed by atoms with Gasteiger partial charge in [-0.2, -0.15) is 0 Å². The zero-order chi connectivity index (χ0) is 22.8. The molecule has 3 aromatic rings. The van der Waals surface area contributed by atoms with Crippen molar-refractivity contribution >= 4 is 67.7 Å². The molecule has 32 heavy (non-hydrogen) atoms. The summed E-state index contributed by atoms with van der Waals surface area (Å²) in [5.74, 6) is 0.629. The lowest BCUT2D eigenvalue weighted by atomic mass is 10.1. The van der Waals surface area contributed by atoms with Crippen molar-refractivity contribution < 1.29 is 9.53 Å². The van der Waals surface area contributed by atoms with Gasteiger partial charge in [-0.3, -0.25) is 9.69 Å². The minimum atomic E-state index is -0.0657. The maximum atomic E-state index is 12.8. The second-order valence-corrected chi connectivity index (χ2v) is 9.18. The third kappa shape index (κ3) is 4.42. The molecule has 2 aromatic carbocycles. The summed E-state index contributed by atoms with van der Waals surface area (Å²) < 4.78 is 9.01. The maximum Gasteiger partial charge on any atom is 0.276 e. The van der Waals surface area contributed by atoms with E-state index in [4.69, 9.17) is 28.6 Å². The monoisotopic (exact) mass is 531 g/mol. The van der Waals surface area contributed by atoms with Gasteiger partial charge in [0.15, 0.2) is 5.11 Å². The fraction of sp³-hybridized carbons (Fsp3) is 0.250. The lowest BCUT2D eigenvalue weighted by molar-refractivity contribution is -0.122. The summed E-state index contributed by atoms with van der Waals surface area (Å²) in [5.41, 5.74) is 2.66. The molecule has 0 saturated carbocycles. The Morgan fingerprint density at radius 3 is 2.72 bits per heavy atom. The van der Waals surface area contributed by atoms with Crippen molar-refractivity contribution in [2.24, 2.45) is 0 Å². The normalized spacial score (nSPS) is 15.4. The first-order chi connectivity index (χ1) is 15.4. The summed E-state index contributed by atoms with van der Waals surface area (Å²) in [7, 11) is 1.84. The van der Waals surface area contributed by atoms with E-state index >= 15 is 0 Å². The lowest BCUT2D eigenvalue weighted by Gasteiger charge is -2.13. The summed E-state index contributed by atoms with van der Waals surface area (Å²) in [6.45, 7) is 3.80. The molecule has 1 aromatic heterocycles. The first-order valence-electron chi connectivity index (χ1n) is 10.4. The Labute approximate surface area is 206 Å². The Bertz CT molecular complexity index is 1220. The van der Waals surface area contributed by atoms with Gasteiger partial charge in [0.2, 0.25) is 0 Å². The molecular formula is C24H23BrClN3O2S. The Hall–Kier alpha value is -2.35. The summed E-state index contributed by atoms with van der Waals surface area (Å²) in [5, 5.41) is 2.22. The van der Waals surface area contributed by atoms with Crippen LogP contribution >= 0.6 is 39.7 Å². The van der Waals surface area contributed by atoms with Crippen molar-refractivity contribution in [2.45, 2.75) is 19.9 Å². The third-order valence-electron chi connectivity index (χ3n) is 5.46. The van der Waals surface area contributed by atoms with Gasteiger partial charge in [0.25, 0.3) is 5.91 Å². The van der Waals surface area contributed by atoms with Crippen LogP contribution in [0.5, 0.6) is 5.75 Å². The van der Waals surface area contributed by atoms with Gasteiger partial charge in [-0.15, -0.1) is 0 Å². The Balaban J connectivity index is 1.58. The number of nitrogens with zero attached hydrogens (tertiary/aromatic N) is 3. The fourth-order valence-electron chi connectivity index (χ4n) is 3.81. The number of hydrogen-bond donors (Lipinski definition) is 0. The molecule has 0 N–H and O–H groups in total. The first kappa shape index (κ1) is 22.8. The zero-order valence-corrected chi connectivity index (χ0v) is 21.0. The molecule has 5 nitrogen and oxygen atoms in total. The van der Waals surface area contributed by atoms with Crippen LogP contribution in [-0.4, -0.2) is 45.6 Å². The van der Waals surface area contributed by atoms with Crippen LogP contribution in [0.1, 0.15) is 18.9 Å². The zero-order valence-electron chi connectivity index (χ0n) is 17.8. The second kappa shape index (κ2) is 9.65. The number of thiocarbonyl (C=S) groups is 1. The second-order valence-electron chi connectivity index (χ2n) is 7.49. The van der Waals surface area contributed by atoms with E-state index in [0.717, 1.165) is 33.9 Å². The summed E-state index contributed by atoms with van der Waals surface area (Å²) in [4.78, 5) is 16.2. The van der Waals surface area contributed by atoms with E-state index in [1.54, 1.807) is 9.80 Å². The number of benzene rings is 2. The Kier molecular flexibility index (Phi) is 6.88. The summed E-state index contributed by atoms with van der Waals surface area (Å²) >= 11 is 15.2. The molecule has 166 valence electrons. The number of likely N-dealkylation sites (N-methyl/N-ethyl adjacent to an activating group) is 2. The number of aryl methyl sites for hydroxylation is 1. The maximum absolute atomic E-state index is 12.8. The van der Waals surface area contributed by atoms with Crippen LogP contribution < -0.4 is 4.74 Å². The van der Waals surface area contributed by atoms with E-state index in [-0.39, 0.29) is 5.91 Å². The number of carbonyl (C=O) groups excluding carboxylic acids is 1. The van der Waals surface area contributed by atoms with Crippen LogP contribution in [0.2, 0.25) is 5.02 Å². The van der Waals surface area contributed by atoms with Crippen LogP contribution in [0.3, 0.4) is 0 Å². The molecule has 1 aliphatic rings. The number of hydrogen-bond acceptors (Lipinski definition) is 3. The summed E-state index contributed by atoms with van der Waals surface area (Å²) in [6, 6.07) is 13.7. The van der Waals surface area contributed by atoms with Crippen molar-refractivity contribution in [1.82, 2.24) is 14.4 Å². The quantitative estimate of drug-likeness (QED) is 0.214. The van der Waals surface area contributed by atoms with Gasteiger partial charge in [0.1, 0.15) is 11.4 Å². The average Bonchev–Trinajstić information content (AvgIpc) is 3.21. The van der Waals surface area contributed by atoms with Gasteiger partial charge >= 0.3 is 0 Å². The van der Waals surface area contributed by atoms with Crippen LogP contribution in [0.25, 0.3) is 17.0 Å². The molecule has 0 spiro atoms. The smallest absolute Gasteiger partial charge is 0.276 e. The molecule has 8 heteroatoms. The molecule has 4 rings (SSSR count). The van der Waals surface area contributed by atoms with Gasteiger partial charge in [-0.05, 0) is 62.0 Å². The summed E-state index contributed by atoms with van der Waals surface area (Å²) in [6.07, 6.45) is 4.82. The van der Waals surface area contributed by atoms with E-state index in [9.17, 15) is 4.79 Å². The SMILES string of the molecule is CCN1C(=O)/C(=C/c2cn(CCCOc3ccccc3Cl)c3ccc(Br)cc23)N(C)C1=S. The number of halogens is 2. The average molecular weight is 533 g/mol. The molecule has 1 saturated heterocycles. The lowest BCUT2D eigenvalue weighted by Crippen LogP contribution is -2.30. The molecule has 0 bridgehead atoms. The number of aromatic nitrogens is 1. The molecule has 1 amide bonds. The topological polar surface area (TPSA) is 37.7 Å². The number of carbonyl (C=O) groups is 1. The highest BCUT2D eigenvalue weighted by Gasteiger charge is 2.34. The molecule has 2 heterocycles. The minimum Gasteiger partial charge on any atom is -0.492 e. The predicted molar refractivity (Wildman–Crippen MR) is 137 cm³/mol. The molecule has 0 atom stereocenters.